The molecule has 0 bridgehead atoms. The molecule has 0 unspecified atom stereocenters. The number of urea groups is 1. The number of hydrogen-bond donors (Lipinski definition) is 1. The van der Waals surface area contributed by atoms with Gasteiger partial charge in [-0.3, -0.25) is 10.3 Å². The third-order valence-electron chi connectivity index (χ3n) is 6.23. The summed E-state index contributed by atoms with van der Waals surface area (Å²) in [5.74, 6) is 0.542. The molecular weight excluding hydrogens is 406 g/mol. The lowest BCUT2D eigenvalue weighted by Gasteiger charge is -2.35. The van der Waals surface area contributed by atoms with Crippen molar-refractivity contribution in [2.24, 2.45) is 0 Å². The standard InChI is InChI=1S/C24H29N5O3/c1-16-13-28(14-17(2)32-16)24(30)27-23-11-18(3-8-26-23)21-15-29(19-5-9-31-10-6-19)22-12-25-7-4-20(21)22/h3-4,7-8,11-12,15-17,19H,5-6,9-10,13-14H2,1-2H3,(H,26,27,30)/t16-,17+. The van der Waals surface area contributed by atoms with Crippen molar-refractivity contribution in [1.29, 1.82) is 0 Å². The van der Waals surface area contributed by atoms with Crippen LogP contribution in [-0.2, 0) is 9.47 Å². The summed E-state index contributed by atoms with van der Waals surface area (Å²) in [5.41, 5.74) is 3.24. The van der Waals surface area contributed by atoms with Crippen LogP contribution in [0.1, 0.15) is 32.7 Å². The van der Waals surface area contributed by atoms with E-state index in [4.69, 9.17) is 9.47 Å². The van der Waals surface area contributed by atoms with Gasteiger partial charge in [0.15, 0.2) is 0 Å². The Hall–Kier alpha value is -2.97. The molecule has 0 aromatic carbocycles. The first-order valence-electron chi connectivity index (χ1n) is 11.3. The van der Waals surface area contributed by atoms with Crippen LogP contribution in [0, 0.1) is 0 Å². The molecule has 2 aliphatic heterocycles. The zero-order valence-corrected chi connectivity index (χ0v) is 18.5. The van der Waals surface area contributed by atoms with Crippen molar-refractivity contribution in [3.8, 4) is 11.1 Å². The number of morpholine rings is 1. The fourth-order valence-electron chi connectivity index (χ4n) is 4.79. The van der Waals surface area contributed by atoms with Gasteiger partial charge in [-0.1, -0.05) is 0 Å². The Bertz CT molecular complexity index is 1100. The van der Waals surface area contributed by atoms with E-state index in [2.05, 4.69) is 32.1 Å². The second kappa shape index (κ2) is 8.88. The average Bonchev–Trinajstić information content (AvgIpc) is 3.19. The van der Waals surface area contributed by atoms with Crippen molar-refractivity contribution in [3.63, 3.8) is 0 Å². The molecule has 8 nitrogen and oxygen atoms in total. The molecule has 32 heavy (non-hydrogen) atoms. The maximum absolute atomic E-state index is 12.8. The smallest absolute Gasteiger partial charge is 0.323 e. The van der Waals surface area contributed by atoms with Crippen molar-refractivity contribution in [2.45, 2.75) is 44.9 Å². The van der Waals surface area contributed by atoms with E-state index in [0.717, 1.165) is 48.1 Å². The van der Waals surface area contributed by atoms with E-state index < -0.39 is 0 Å². The number of carbonyl (C=O) groups is 1. The minimum absolute atomic E-state index is 0.0220. The van der Waals surface area contributed by atoms with Crippen molar-refractivity contribution in [1.82, 2.24) is 19.4 Å². The van der Waals surface area contributed by atoms with Crippen molar-refractivity contribution < 1.29 is 14.3 Å². The molecule has 3 aromatic rings. The van der Waals surface area contributed by atoms with Gasteiger partial charge in [-0.2, -0.15) is 0 Å². The van der Waals surface area contributed by atoms with Crippen LogP contribution in [0.3, 0.4) is 0 Å². The van der Waals surface area contributed by atoms with Crippen LogP contribution in [0.4, 0.5) is 10.6 Å². The van der Waals surface area contributed by atoms with Crippen LogP contribution < -0.4 is 5.32 Å². The van der Waals surface area contributed by atoms with E-state index in [9.17, 15) is 4.79 Å². The summed E-state index contributed by atoms with van der Waals surface area (Å²) >= 11 is 0. The summed E-state index contributed by atoms with van der Waals surface area (Å²) in [6.07, 6.45) is 9.73. The van der Waals surface area contributed by atoms with E-state index in [0.29, 0.717) is 24.9 Å². The lowest BCUT2D eigenvalue weighted by atomic mass is 10.1. The SMILES string of the molecule is C[C@@H]1CN(C(=O)Nc2cc(-c3cn(C4CCOCC4)c4cnccc34)ccn2)C[C@H](C)O1. The van der Waals surface area contributed by atoms with Crippen LogP contribution in [0.2, 0.25) is 0 Å². The van der Waals surface area contributed by atoms with Gasteiger partial charge < -0.3 is 18.9 Å². The summed E-state index contributed by atoms with van der Waals surface area (Å²) in [6.45, 7) is 6.67. The lowest BCUT2D eigenvalue weighted by molar-refractivity contribution is -0.0530. The van der Waals surface area contributed by atoms with Crippen LogP contribution in [-0.4, -0.2) is 64.0 Å². The highest BCUT2D eigenvalue weighted by Crippen LogP contribution is 2.35. The first-order valence-corrected chi connectivity index (χ1v) is 11.3. The predicted octanol–water partition coefficient (Wildman–Crippen LogP) is 4.09. The number of aromatic nitrogens is 3. The van der Waals surface area contributed by atoms with Gasteiger partial charge in [0.1, 0.15) is 5.82 Å². The Balaban J connectivity index is 1.42. The Morgan fingerprint density at radius 2 is 1.91 bits per heavy atom. The van der Waals surface area contributed by atoms with Gasteiger partial charge in [-0.25, -0.2) is 9.78 Å². The summed E-state index contributed by atoms with van der Waals surface area (Å²) in [4.78, 5) is 23.4. The maximum Gasteiger partial charge on any atom is 0.323 e. The van der Waals surface area contributed by atoms with E-state index in [1.807, 2.05) is 38.4 Å². The van der Waals surface area contributed by atoms with Gasteiger partial charge >= 0.3 is 6.03 Å². The van der Waals surface area contributed by atoms with E-state index in [-0.39, 0.29) is 18.2 Å². The number of amides is 2. The fourth-order valence-corrected chi connectivity index (χ4v) is 4.79. The molecule has 2 aliphatic rings. The molecule has 0 aliphatic carbocycles. The number of pyridine rings is 2. The van der Waals surface area contributed by atoms with E-state index in [1.54, 1.807) is 11.1 Å². The quantitative estimate of drug-likeness (QED) is 0.670. The molecule has 5 rings (SSSR count). The zero-order valence-electron chi connectivity index (χ0n) is 18.5. The minimum atomic E-state index is -0.148. The van der Waals surface area contributed by atoms with E-state index >= 15 is 0 Å². The lowest BCUT2D eigenvalue weighted by Crippen LogP contribution is -2.49. The molecule has 5 heterocycles. The number of rotatable bonds is 3. The molecule has 0 spiro atoms. The number of nitrogens with zero attached hydrogens (tertiary/aromatic N) is 4. The molecule has 2 amide bonds. The zero-order chi connectivity index (χ0) is 22.1. The van der Waals surface area contributed by atoms with Crippen LogP contribution >= 0.6 is 0 Å². The molecule has 0 radical (unpaired) electrons. The molecule has 1 N–H and O–H groups in total. The van der Waals surface area contributed by atoms with E-state index in [1.165, 1.54) is 0 Å². The average molecular weight is 436 g/mol. The molecule has 168 valence electrons. The third-order valence-corrected chi connectivity index (χ3v) is 6.23. The summed E-state index contributed by atoms with van der Waals surface area (Å²) in [6, 6.07) is 6.23. The molecular formula is C24H29N5O3. The Labute approximate surface area is 187 Å². The highest BCUT2D eigenvalue weighted by molar-refractivity contribution is 5.96. The van der Waals surface area contributed by atoms with Gasteiger partial charge in [0.2, 0.25) is 0 Å². The van der Waals surface area contributed by atoms with Crippen molar-refractivity contribution in [2.75, 3.05) is 31.6 Å². The van der Waals surface area contributed by atoms with Crippen LogP contribution in [0.5, 0.6) is 0 Å². The first-order chi connectivity index (χ1) is 15.6. The Kier molecular flexibility index (Phi) is 5.80. The first kappa shape index (κ1) is 20.9. The van der Waals surface area contributed by atoms with Gasteiger partial charge in [-0.05, 0) is 50.5 Å². The molecule has 2 fully saturated rings. The topological polar surface area (TPSA) is 81.5 Å². The minimum Gasteiger partial charge on any atom is -0.381 e. The third kappa shape index (κ3) is 4.20. The molecule has 8 heteroatoms. The fraction of sp³-hybridized carbons (Fsp3) is 0.458. The largest absolute Gasteiger partial charge is 0.381 e. The number of anilines is 1. The van der Waals surface area contributed by atoms with Crippen LogP contribution in [0.15, 0.2) is 43.0 Å². The van der Waals surface area contributed by atoms with Gasteiger partial charge in [-0.15, -0.1) is 0 Å². The van der Waals surface area contributed by atoms with Crippen molar-refractivity contribution in [3.05, 3.63) is 43.0 Å². The van der Waals surface area contributed by atoms with Gasteiger partial charge in [0, 0.05) is 61.9 Å². The number of ether oxygens (including phenoxy) is 2. The summed E-state index contributed by atoms with van der Waals surface area (Å²) in [5, 5.41) is 4.11. The highest BCUT2D eigenvalue weighted by atomic mass is 16.5. The molecule has 2 atom stereocenters. The molecule has 0 saturated carbocycles. The highest BCUT2D eigenvalue weighted by Gasteiger charge is 2.26. The number of hydrogen-bond acceptors (Lipinski definition) is 5. The van der Waals surface area contributed by atoms with Gasteiger partial charge in [0.05, 0.1) is 23.9 Å². The Morgan fingerprint density at radius 1 is 1.12 bits per heavy atom. The van der Waals surface area contributed by atoms with Crippen LogP contribution in [0.25, 0.3) is 22.0 Å². The monoisotopic (exact) mass is 435 g/mol. The molecule has 2 saturated heterocycles. The Morgan fingerprint density at radius 3 is 2.69 bits per heavy atom. The number of carbonyl (C=O) groups excluding carboxylic acids is 1. The normalized spacial score (nSPS) is 22.2. The second-order valence-corrected chi connectivity index (χ2v) is 8.71. The summed E-state index contributed by atoms with van der Waals surface area (Å²) in [7, 11) is 0. The number of fused-ring (bicyclic) bond motifs is 1. The van der Waals surface area contributed by atoms with Gasteiger partial charge in [0.25, 0.3) is 0 Å². The number of nitrogens with one attached hydrogen (secondary N) is 1. The summed E-state index contributed by atoms with van der Waals surface area (Å²) < 4.78 is 13.6. The second-order valence-electron chi connectivity index (χ2n) is 8.71. The van der Waals surface area contributed by atoms with Crippen molar-refractivity contribution >= 4 is 22.8 Å². The predicted molar refractivity (Wildman–Crippen MR) is 123 cm³/mol. The maximum atomic E-state index is 12.8. The molecule has 3 aromatic heterocycles.